The van der Waals surface area contributed by atoms with Gasteiger partial charge in [-0.05, 0) is 25.7 Å². The Morgan fingerprint density at radius 1 is 1.00 bits per heavy atom. The number of nitrogens with zero attached hydrogens (tertiary/aromatic N) is 2. The first-order valence-corrected chi connectivity index (χ1v) is 7.78. The molecule has 0 fully saturated rings. The van der Waals surface area contributed by atoms with Gasteiger partial charge in [0, 0.05) is 22.3 Å². The fraction of sp³-hybridized carbons (Fsp3) is 0.312. The van der Waals surface area contributed by atoms with Crippen LogP contribution in [0.3, 0.4) is 0 Å². The number of aryl methyl sites for hydroxylation is 2. The fourth-order valence-electron chi connectivity index (χ4n) is 2.89. The van der Waals surface area contributed by atoms with Crippen molar-refractivity contribution in [3.05, 3.63) is 47.1 Å². The Bertz CT molecular complexity index is 709. The summed E-state index contributed by atoms with van der Waals surface area (Å²) in [6.45, 7) is 0. The molecule has 0 unspecified atom stereocenters. The Morgan fingerprint density at radius 3 is 2.74 bits per heavy atom. The largest absolute Gasteiger partial charge is 0.294 e. The zero-order valence-electron chi connectivity index (χ0n) is 10.8. The Morgan fingerprint density at radius 2 is 1.84 bits per heavy atom. The molecule has 3 aromatic rings. The molecule has 2 nitrogen and oxygen atoms in total. The normalized spacial score (nSPS) is 15.4. The number of rotatable bonds is 1. The van der Waals surface area contributed by atoms with E-state index >= 15 is 0 Å². The zero-order chi connectivity index (χ0) is 12.7. The van der Waals surface area contributed by atoms with Crippen LogP contribution < -0.4 is 0 Å². The Labute approximate surface area is 116 Å². The summed E-state index contributed by atoms with van der Waals surface area (Å²) in [5.41, 5.74) is 3.81. The molecular weight excluding hydrogens is 252 g/mol. The number of fused-ring (bicyclic) bond motifs is 3. The lowest BCUT2D eigenvalue weighted by atomic mass is 10.2. The molecule has 1 aromatic carbocycles. The molecule has 0 saturated carbocycles. The highest BCUT2D eigenvalue weighted by Crippen LogP contribution is 2.31. The van der Waals surface area contributed by atoms with Crippen molar-refractivity contribution >= 4 is 16.3 Å². The molecule has 1 aliphatic rings. The predicted octanol–water partition coefficient (Wildman–Crippen LogP) is 4.33. The van der Waals surface area contributed by atoms with Crippen molar-refractivity contribution < 1.29 is 0 Å². The van der Waals surface area contributed by atoms with Gasteiger partial charge in [0.05, 0.1) is 5.69 Å². The lowest BCUT2D eigenvalue weighted by Gasteiger charge is -1.98. The Kier molecular flexibility index (Phi) is 2.66. The van der Waals surface area contributed by atoms with Crippen LogP contribution in [0.5, 0.6) is 0 Å². The second kappa shape index (κ2) is 4.49. The molecule has 96 valence electrons. The van der Waals surface area contributed by atoms with Crippen molar-refractivity contribution in [1.29, 1.82) is 0 Å². The average molecular weight is 268 g/mol. The highest BCUT2D eigenvalue weighted by atomic mass is 32.1. The summed E-state index contributed by atoms with van der Waals surface area (Å²) in [5, 5.41) is 0. The maximum absolute atomic E-state index is 4.80. The summed E-state index contributed by atoms with van der Waals surface area (Å²) >= 11 is 1.88. The zero-order valence-corrected chi connectivity index (χ0v) is 11.6. The third-order valence-corrected chi connectivity index (χ3v) is 5.04. The van der Waals surface area contributed by atoms with Gasteiger partial charge in [-0.15, -0.1) is 11.3 Å². The van der Waals surface area contributed by atoms with E-state index in [0.717, 1.165) is 10.7 Å². The average Bonchev–Trinajstić information content (AvgIpc) is 2.90. The van der Waals surface area contributed by atoms with Crippen molar-refractivity contribution in [3.8, 4) is 11.3 Å². The molecule has 2 heterocycles. The van der Waals surface area contributed by atoms with Crippen molar-refractivity contribution in [2.45, 2.75) is 32.1 Å². The van der Waals surface area contributed by atoms with E-state index in [-0.39, 0.29) is 0 Å². The van der Waals surface area contributed by atoms with E-state index < -0.39 is 0 Å². The summed E-state index contributed by atoms with van der Waals surface area (Å²) in [6, 6.07) is 10.5. The van der Waals surface area contributed by atoms with Gasteiger partial charge >= 0.3 is 0 Å². The van der Waals surface area contributed by atoms with Crippen LogP contribution in [0.15, 0.2) is 36.5 Å². The monoisotopic (exact) mass is 268 g/mol. The van der Waals surface area contributed by atoms with E-state index in [0.29, 0.717) is 0 Å². The van der Waals surface area contributed by atoms with Gasteiger partial charge in [0.1, 0.15) is 0 Å². The minimum Gasteiger partial charge on any atom is -0.294 e. The SMILES string of the molecule is c1ccc(-c2cn3c4c(sc3n2)CCCCC4)cc1. The van der Waals surface area contributed by atoms with Gasteiger partial charge in [-0.1, -0.05) is 36.8 Å². The van der Waals surface area contributed by atoms with E-state index in [9.17, 15) is 0 Å². The number of hydrogen-bond donors (Lipinski definition) is 0. The smallest absolute Gasteiger partial charge is 0.194 e. The summed E-state index contributed by atoms with van der Waals surface area (Å²) in [7, 11) is 0. The van der Waals surface area contributed by atoms with E-state index in [1.54, 1.807) is 4.88 Å². The molecule has 19 heavy (non-hydrogen) atoms. The lowest BCUT2D eigenvalue weighted by Crippen LogP contribution is -1.91. The number of imidazole rings is 1. The van der Waals surface area contributed by atoms with Crippen LogP contribution in [0.2, 0.25) is 0 Å². The molecule has 2 aromatic heterocycles. The van der Waals surface area contributed by atoms with Crippen LogP contribution in [0, 0.1) is 0 Å². The molecule has 0 saturated heterocycles. The highest BCUT2D eigenvalue weighted by molar-refractivity contribution is 7.17. The minimum absolute atomic E-state index is 1.10. The van der Waals surface area contributed by atoms with Crippen molar-refractivity contribution in [1.82, 2.24) is 9.38 Å². The minimum atomic E-state index is 1.10. The molecule has 0 amide bonds. The second-order valence-electron chi connectivity index (χ2n) is 5.18. The number of hydrogen-bond acceptors (Lipinski definition) is 2. The number of benzene rings is 1. The molecule has 0 N–H and O–H groups in total. The molecule has 0 atom stereocenters. The Balaban J connectivity index is 1.85. The first kappa shape index (κ1) is 11.2. The van der Waals surface area contributed by atoms with Crippen molar-refractivity contribution in [2.24, 2.45) is 0 Å². The summed E-state index contributed by atoms with van der Waals surface area (Å²) in [5.74, 6) is 0. The molecule has 3 heteroatoms. The first-order chi connectivity index (χ1) is 9.42. The van der Waals surface area contributed by atoms with Crippen molar-refractivity contribution in [2.75, 3.05) is 0 Å². The maximum atomic E-state index is 4.80. The maximum Gasteiger partial charge on any atom is 0.194 e. The lowest BCUT2D eigenvalue weighted by molar-refractivity contribution is 0.707. The Hall–Kier alpha value is -1.61. The first-order valence-electron chi connectivity index (χ1n) is 6.97. The van der Waals surface area contributed by atoms with E-state index in [1.807, 2.05) is 17.4 Å². The fourth-order valence-corrected chi connectivity index (χ4v) is 4.08. The van der Waals surface area contributed by atoms with Crippen LogP contribution in [-0.2, 0) is 12.8 Å². The molecule has 0 spiro atoms. The van der Waals surface area contributed by atoms with E-state index in [1.165, 1.54) is 43.4 Å². The number of thiazole rings is 1. The third kappa shape index (κ3) is 1.89. The summed E-state index contributed by atoms with van der Waals surface area (Å²) in [6.07, 6.45) is 8.68. The van der Waals surface area contributed by atoms with Crippen LogP contribution >= 0.6 is 11.3 Å². The van der Waals surface area contributed by atoms with Crippen LogP contribution in [0.1, 0.15) is 29.8 Å². The summed E-state index contributed by atoms with van der Waals surface area (Å²) in [4.78, 5) is 7.51. The standard InChI is InChI=1S/C16H16N2S/c1-3-7-12(8-4-1)13-11-18-14-9-5-2-6-10-15(14)19-16(18)17-13/h1,3-4,7-8,11H,2,5-6,9-10H2. The van der Waals surface area contributed by atoms with Gasteiger partial charge in [0.15, 0.2) is 4.96 Å². The van der Waals surface area contributed by atoms with Gasteiger partial charge < -0.3 is 0 Å². The van der Waals surface area contributed by atoms with Gasteiger partial charge in [0.2, 0.25) is 0 Å². The molecule has 4 rings (SSSR count). The second-order valence-corrected chi connectivity index (χ2v) is 6.24. The van der Waals surface area contributed by atoms with Gasteiger partial charge in [-0.3, -0.25) is 4.40 Å². The van der Waals surface area contributed by atoms with Crippen LogP contribution in [0.4, 0.5) is 0 Å². The van der Waals surface area contributed by atoms with Gasteiger partial charge in [0.25, 0.3) is 0 Å². The topological polar surface area (TPSA) is 17.3 Å². The third-order valence-electron chi connectivity index (χ3n) is 3.89. The van der Waals surface area contributed by atoms with Crippen LogP contribution in [-0.4, -0.2) is 9.38 Å². The van der Waals surface area contributed by atoms with Gasteiger partial charge in [-0.25, -0.2) is 4.98 Å². The van der Waals surface area contributed by atoms with Gasteiger partial charge in [-0.2, -0.15) is 0 Å². The quantitative estimate of drug-likeness (QED) is 0.600. The van der Waals surface area contributed by atoms with E-state index in [2.05, 4.69) is 34.9 Å². The molecule has 0 radical (unpaired) electrons. The molecular formula is C16H16N2S. The van der Waals surface area contributed by atoms with Crippen molar-refractivity contribution in [3.63, 3.8) is 0 Å². The molecule has 0 bridgehead atoms. The van der Waals surface area contributed by atoms with E-state index in [4.69, 9.17) is 4.98 Å². The van der Waals surface area contributed by atoms with Crippen LogP contribution in [0.25, 0.3) is 16.2 Å². The highest BCUT2D eigenvalue weighted by Gasteiger charge is 2.17. The molecule has 0 aliphatic heterocycles. The number of aromatic nitrogens is 2. The summed E-state index contributed by atoms with van der Waals surface area (Å²) < 4.78 is 2.33. The predicted molar refractivity (Wildman–Crippen MR) is 79.8 cm³/mol. The molecule has 1 aliphatic carbocycles.